The van der Waals surface area contributed by atoms with Gasteiger partial charge in [0.1, 0.15) is 0 Å². The van der Waals surface area contributed by atoms with E-state index in [-0.39, 0.29) is 11.3 Å². The largest absolute Gasteiger partial charge is 0.390 e. The van der Waals surface area contributed by atoms with E-state index < -0.39 is 33.1 Å². The highest BCUT2D eigenvalue weighted by molar-refractivity contribution is 7.86. The van der Waals surface area contributed by atoms with Gasteiger partial charge in [0.2, 0.25) is 0 Å². The Bertz CT molecular complexity index is 897. The number of benzene rings is 2. The summed E-state index contributed by atoms with van der Waals surface area (Å²) in [7, 11) is -4.48. The van der Waals surface area contributed by atoms with Gasteiger partial charge < -0.3 is 5.73 Å². The third-order valence-electron chi connectivity index (χ3n) is 3.91. The van der Waals surface area contributed by atoms with Crippen molar-refractivity contribution in [2.24, 2.45) is 5.73 Å². The van der Waals surface area contributed by atoms with Crippen molar-refractivity contribution < 1.29 is 22.3 Å². The van der Waals surface area contributed by atoms with Gasteiger partial charge >= 0.3 is 16.3 Å². The maximum atomic E-state index is 12.3. The Balaban J connectivity index is 2.10. The lowest BCUT2D eigenvalue weighted by atomic mass is 10.0. The maximum Gasteiger partial charge on any atom is 0.390 e. The Morgan fingerprint density at radius 1 is 1.15 bits per heavy atom. The Morgan fingerprint density at radius 3 is 2.30 bits per heavy atom. The number of nitrogens with two attached hydrogens (primary N) is 1. The van der Waals surface area contributed by atoms with Crippen LogP contribution in [-0.2, 0) is 25.5 Å². The molecular weight excluding hydrogens is 372 g/mol. The van der Waals surface area contributed by atoms with Crippen molar-refractivity contribution in [3.8, 4) is 0 Å². The van der Waals surface area contributed by atoms with Gasteiger partial charge in [-0.2, -0.15) is 12.6 Å². The quantitative estimate of drug-likeness (QED) is 0.298. The summed E-state index contributed by atoms with van der Waals surface area (Å²) >= 11 is 0. The van der Waals surface area contributed by atoms with Crippen molar-refractivity contribution in [3.63, 3.8) is 0 Å². The number of ketones is 1. The predicted molar refractivity (Wildman–Crippen MR) is 98.0 cm³/mol. The van der Waals surface area contributed by atoms with E-state index in [0.29, 0.717) is 6.42 Å². The van der Waals surface area contributed by atoms with Gasteiger partial charge in [-0.3, -0.25) is 14.9 Å². The highest BCUT2D eigenvalue weighted by Crippen LogP contribution is 2.17. The number of Topliss-reactive ketones (excluding diaryl/α,β-unsaturated/α-hetero) is 1. The molecule has 0 heterocycles. The fraction of sp³-hybridized carbons (Fsp3) is 0.278. The number of rotatable bonds is 9. The van der Waals surface area contributed by atoms with Crippen LogP contribution < -0.4 is 5.73 Å². The molecule has 8 nitrogen and oxygen atoms in total. The fourth-order valence-corrected chi connectivity index (χ4v) is 3.34. The molecule has 2 rings (SSSR count). The summed E-state index contributed by atoms with van der Waals surface area (Å²) in [6.45, 7) is 1.76. The van der Waals surface area contributed by atoms with Crippen LogP contribution in [0.3, 0.4) is 0 Å². The number of aryl methyl sites for hydroxylation is 2. The second-order valence-electron chi connectivity index (χ2n) is 6.03. The molecule has 2 aromatic carbocycles. The summed E-state index contributed by atoms with van der Waals surface area (Å²) < 4.78 is 29.1. The second kappa shape index (κ2) is 8.85. The van der Waals surface area contributed by atoms with E-state index in [1.54, 1.807) is 6.92 Å². The highest BCUT2D eigenvalue weighted by Gasteiger charge is 2.39. The Kier molecular flexibility index (Phi) is 6.78. The van der Waals surface area contributed by atoms with E-state index in [9.17, 15) is 23.3 Å². The van der Waals surface area contributed by atoms with Crippen LogP contribution in [0.2, 0.25) is 0 Å². The third kappa shape index (κ3) is 5.68. The molecule has 0 saturated carbocycles. The number of nitro groups is 1. The SMILES string of the molecule is Cc1ccc(S(=O)(=O)OC(C(=O)[C@@H](N)CCc2ccccc2)[N+](=O)[O-])cc1. The van der Waals surface area contributed by atoms with Crippen LogP contribution in [0.1, 0.15) is 17.5 Å². The number of nitrogens with zero attached hydrogens (tertiary/aromatic N) is 1. The molecule has 0 aliphatic carbocycles. The molecule has 0 radical (unpaired) electrons. The average Bonchev–Trinajstić information content (AvgIpc) is 2.64. The van der Waals surface area contributed by atoms with Crippen LogP contribution in [-0.4, -0.2) is 31.4 Å². The topological polar surface area (TPSA) is 130 Å². The first kappa shape index (κ1) is 20.7. The molecule has 0 bridgehead atoms. The van der Waals surface area contributed by atoms with E-state index in [4.69, 9.17) is 5.73 Å². The van der Waals surface area contributed by atoms with Gasteiger partial charge in [0.15, 0.2) is 0 Å². The second-order valence-corrected chi connectivity index (χ2v) is 7.61. The van der Waals surface area contributed by atoms with Crippen molar-refractivity contribution in [3.05, 3.63) is 75.8 Å². The number of hydrogen-bond acceptors (Lipinski definition) is 7. The monoisotopic (exact) mass is 392 g/mol. The lowest BCUT2D eigenvalue weighted by Crippen LogP contribution is -2.45. The van der Waals surface area contributed by atoms with Crippen LogP contribution in [0.5, 0.6) is 0 Å². The van der Waals surface area contributed by atoms with Crippen molar-refractivity contribution in [2.75, 3.05) is 0 Å². The summed E-state index contributed by atoms with van der Waals surface area (Å²) in [6.07, 6.45) is -1.84. The highest BCUT2D eigenvalue weighted by atomic mass is 32.2. The summed E-state index contributed by atoms with van der Waals surface area (Å²) in [5, 5.41) is 11.2. The van der Waals surface area contributed by atoms with Crippen molar-refractivity contribution >= 4 is 15.9 Å². The van der Waals surface area contributed by atoms with Crippen LogP contribution in [0.15, 0.2) is 59.5 Å². The van der Waals surface area contributed by atoms with Gasteiger partial charge in [-0.05, 0) is 37.5 Å². The van der Waals surface area contributed by atoms with E-state index in [0.717, 1.165) is 11.1 Å². The third-order valence-corrected chi connectivity index (χ3v) is 5.20. The molecule has 0 aliphatic rings. The molecule has 2 aromatic rings. The molecular formula is C18H20N2O6S. The van der Waals surface area contributed by atoms with Crippen molar-refractivity contribution in [1.29, 1.82) is 0 Å². The van der Waals surface area contributed by atoms with Crippen molar-refractivity contribution in [2.45, 2.75) is 36.9 Å². The zero-order valence-electron chi connectivity index (χ0n) is 14.6. The minimum absolute atomic E-state index is 0.126. The Labute approximate surface area is 157 Å². The van der Waals surface area contributed by atoms with Crippen LogP contribution in [0.4, 0.5) is 0 Å². The first-order chi connectivity index (χ1) is 12.7. The molecule has 2 atom stereocenters. The van der Waals surface area contributed by atoms with Crippen LogP contribution in [0, 0.1) is 17.0 Å². The van der Waals surface area contributed by atoms with E-state index in [2.05, 4.69) is 4.18 Å². The summed E-state index contributed by atoms with van der Waals surface area (Å²) in [6, 6.07) is 13.5. The number of carbonyl (C=O) groups excluding carboxylic acids is 1. The van der Waals surface area contributed by atoms with Gasteiger partial charge in [0.05, 0.1) is 15.9 Å². The van der Waals surface area contributed by atoms with Gasteiger partial charge in [-0.15, -0.1) is 0 Å². The summed E-state index contributed by atoms with van der Waals surface area (Å²) in [4.78, 5) is 22.2. The molecule has 0 aliphatic heterocycles. The first-order valence-corrected chi connectivity index (χ1v) is 9.58. The first-order valence-electron chi connectivity index (χ1n) is 8.17. The van der Waals surface area contributed by atoms with E-state index >= 15 is 0 Å². The Morgan fingerprint density at radius 2 is 1.74 bits per heavy atom. The number of hydrogen-bond donors (Lipinski definition) is 1. The normalized spacial score (nSPS) is 13.7. The minimum Gasteiger partial charge on any atom is -0.321 e. The molecule has 0 amide bonds. The van der Waals surface area contributed by atoms with Crippen molar-refractivity contribution in [1.82, 2.24) is 0 Å². The van der Waals surface area contributed by atoms with Gasteiger partial charge in [0, 0.05) is 0 Å². The summed E-state index contributed by atoms with van der Waals surface area (Å²) in [5.74, 6) is -1.09. The zero-order chi connectivity index (χ0) is 20.0. The Hall–Kier alpha value is -2.62. The number of carbonyl (C=O) groups is 1. The lowest BCUT2D eigenvalue weighted by molar-refractivity contribution is -0.545. The smallest absolute Gasteiger partial charge is 0.321 e. The molecule has 0 aromatic heterocycles. The van der Waals surface area contributed by atoms with Gasteiger partial charge in [-0.25, -0.2) is 0 Å². The molecule has 144 valence electrons. The van der Waals surface area contributed by atoms with Gasteiger partial charge in [-0.1, -0.05) is 48.0 Å². The van der Waals surface area contributed by atoms with Gasteiger partial charge in [0.25, 0.3) is 5.78 Å². The standard InChI is InChI=1S/C18H20N2O6S/c1-13-7-10-15(11-8-13)27(24,25)26-18(20(22)23)17(21)16(19)12-9-14-5-3-2-4-6-14/h2-8,10-11,16,18H,9,12,19H2,1H3/t16-,18?/m0/s1. The molecule has 9 heteroatoms. The molecule has 0 spiro atoms. The maximum absolute atomic E-state index is 12.3. The summed E-state index contributed by atoms with van der Waals surface area (Å²) in [5.41, 5.74) is 7.47. The lowest BCUT2D eigenvalue weighted by Gasteiger charge is -2.14. The van der Waals surface area contributed by atoms with E-state index in [1.807, 2.05) is 30.3 Å². The molecule has 2 N–H and O–H groups in total. The fourth-order valence-electron chi connectivity index (χ4n) is 2.36. The minimum atomic E-state index is -4.48. The molecule has 27 heavy (non-hydrogen) atoms. The predicted octanol–water partition coefficient (Wildman–Crippen LogP) is 1.83. The zero-order valence-corrected chi connectivity index (χ0v) is 15.5. The van der Waals surface area contributed by atoms with Crippen LogP contribution >= 0.6 is 0 Å². The van der Waals surface area contributed by atoms with Crippen LogP contribution in [0.25, 0.3) is 0 Å². The van der Waals surface area contributed by atoms with E-state index in [1.165, 1.54) is 24.3 Å². The molecule has 0 fully saturated rings. The average molecular weight is 392 g/mol. The molecule has 0 saturated heterocycles. The molecule has 1 unspecified atom stereocenters.